The number of carbonyl (C=O) groups is 1. The van der Waals surface area contributed by atoms with E-state index in [0.717, 1.165) is 17.7 Å². The standard InChI is InChI=1S/C20H22N2O2/c1-21-10-7-16(14-21)9-12-24-19-5-3-18(4-6-19)20(23)13-17-8-11-22(2)15-17/h3-8,10-11,14-15H,9,12-13H2,1-2H3. The number of rotatable bonds is 7. The van der Waals surface area contributed by atoms with Gasteiger partial charge in [0.15, 0.2) is 5.78 Å². The van der Waals surface area contributed by atoms with Crippen molar-refractivity contribution in [2.75, 3.05) is 6.61 Å². The third-order valence-corrected chi connectivity index (χ3v) is 3.99. The summed E-state index contributed by atoms with van der Waals surface area (Å²) in [6.07, 6.45) is 9.34. The average molecular weight is 322 g/mol. The number of aryl methyl sites for hydroxylation is 2. The van der Waals surface area contributed by atoms with Crippen LogP contribution in [-0.2, 0) is 26.9 Å². The monoisotopic (exact) mass is 322 g/mol. The van der Waals surface area contributed by atoms with Crippen LogP contribution in [-0.4, -0.2) is 21.5 Å². The zero-order valence-electron chi connectivity index (χ0n) is 14.1. The fraction of sp³-hybridized carbons (Fsp3) is 0.250. The molecule has 2 heterocycles. The molecule has 0 N–H and O–H groups in total. The van der Waals surface area contributed by atoms with Gasteiger partial charge in [-0.2, -0.15) is 0 Å². The largest absolute Gasteiger partial charge is 0.493 e. The van der Waals surface area contributed by atoms with E-state index < -0.39 is 0 Å². The lowest BCUT2D eigenvalue weighted by Gasteiger charge is -2.06. The van der Waals surface area contributed by atoms with E-state index in [0.29, 0.717) is 18.6 Å². The van der Waals surface area contributed by atoms with Crippen LogP contribution in [0.25, 0.3) is 0 Å². The Labute approximate surface area is 142 Å². The third-order valence-electron chi connectivity index (χ3n) is 3.99. The van der Waals surface area contributed by atoms with E-state index >= 15 is 0 Å². The zero-order chi connectivity index (χ0) is 16.9. The first-order chi connectivity index (χ1) is 11.6. The molecule has 0 aliphatic heterocycles. The molecule has 24 heavy (non-hydrogen) atoms. The van der Waals surface area contributed by atoms with E-state index in [9.17, 15) is 4.79 Å². The summed E-state index contributed by atoms with van der Waals surface area (Å²) in [4.78, 5) is 12.3. The summed E-state index contributed by atoms with van der Waals surface area (Å²) in [5.74, 6) is 0.916. The topological polar surface area (TPSA) is 36.2 Å². The highest BCUT2D eigenvalue weighted by Crippen LogP contribution is 2.15. The summed E-state index contributed by atoms with van der Waals surface area (Å²) in [5.41, 5.74) is 3.01. The molecule has 0 aliphatic carbocycles. The summed E-state index contributed by atoms with van der Waals surface area (Å²) in [6.45, 7) is 0.626. The predicted octanol–water partition coefficient (Wildman–Crippen LogP) is 3.41. The zero-order valence-corrected chi connectivity index (χ0v) is 14.1. The Morgan fingerprint density at radius 2 is 1.54 bits per heavy atom. The molecule has 2 aromatic heterocycles. The number of Topliss-reactive ketones (excluding diaryl/α,β-unsaturated/α-hetero) is 1. The summed E-state index contributed by atoms with van der Waals surface area (Å²) in [6, 6.07) is 11.5. The van der Waals surface area contributed by atoms with E-state index in [1.54, 1.807) is 0 Å². The minimum atomic E-state index is 0.122. The van der Waals surface area contributed by atoms with Gasteiger partial charge in [0.05, 0.1) is 6.61 Å². The number of ether oxygens (including phenoxy) is 1. The lowest BCUT2D eigenvalue weighted by atomic mass is 10.1. The fourth-order valence-electron chi connectivity index (χ4n) is 2.69. The minimum absolute atomic E-state index is 0.122. The van der Waals surface area contributed by atoms with Crippen LogP contribution in [0.1, 0.15) is 21.5 Å². The molecule has 0 fully saturated rings. The van der Waals surface area contributed by atoms with Crippen molar-refractivity contribution in [3.05, 3.63) is 77.9 Å². The minimum Gasteiger partial charge on any atom is -0.493 e. The number of benzene rings is 1. The Morgan fingerprint density at radius 1 is 0.917 bits per heavy atom. The highest BCUT2D eigenvalue weighted by atomic mass is 16.5. The molecule has 0 radical (unpaired) electrons. The van der Waals surface area contributed by atoms with Crippen molar-refractivity contribution in [2.24, 2.45) is 14.1 Å². The highest BCUT2D eigenvalue weighted by Gasteiger charge is 2.08. The number of hydrogen-bond donors (Lipinski definition) is 0. The maximum Gasteiger partial charge on any atom is 0.167 e. The molecule has 4 heteroatoms. The second kappa shape index (κ2) is 7.21. The Kier molecular flexibility index (Phi) is 4.85. The normalized spacial score (nSPS) is 10.8. The second-order valence-corrected chi connectivity index (χ2v) is 6.09. The Bertz CT molecular complexity index is 812. The fourth-order valence-corrected chi connectivity index (χ4v) is 2.69. The quantitative estimate of drug-likeness (QED) is 0.625. The molecule has 1 aromatic carbocycles. The Hall–Kier alpha value is -2.75. The Balaban J connectivity index is 1.51. The summed E-state index contributed by atoms with van der Waals surface area (Å²) < 4.78 is 9.73. The summed E-state index contributed by atoms with van der Waals surface area (Å²) in [5, 5.41) is 0. The molecule has 0 aliphatic rings. The SMILES string of the molecule is Cn1ccc(CCOc2ccc(C(=O)Cc3ccn(C)c3)cc2)c1. The van der Waals surface area contributed by atoms with Crippen molar-refractivity contribution in [2.45, 2.75) is 12.8 Å². The van der Waals surface area contributed by atoms with Gasteiger partial charge in [-0.25, -0.2) is 0 Å². The molecule has 0 spiro atoms. The van der Waals surface area contributed by atoms with Gasteiger partial charge in [-0.05, 0) is 47.5 Å². The third kappa shape index (κ3) is 4.16. The lowest BCUT2D eigenvalue weighted by Crippen LogP contribution is -2.04. The van der Waals surface area contributed by atoms with Crippen LogP contribution in [0.5, 0.6) is 5.75 Å². The first-order valence-electron chi connectivity index (χ1n) is 8.08. The van der Waals surface area contributed by atoms with E-state index in [1.807, 2.05) is 72.2 Å². The van der Waals surface area contributed by atoms with E-state index in [1.165, 1.54) is 5.56 Å². The van der Waals surface area contributed by atoms with Crippen molar-refractivity contribution < 1.29 is 9.53 Å². The number of hydrogen-bond acceptors (Lipinski definition) is 2. The van der Waals surface area contributed by atoms with Crippen LogP contribution in [0, 0.1) is 0 Å². The summed E-state index contributed by atoms with van der Waals surface area (Å²) in [7, 11) is 3.96. The van der Waals surface area contributed by atoms with Crippen molar-refractivity contribution in [3.8, 4) is 5.75 Å². The number of nitrogens with zero attached hydrogens (tertiary/aromatic N) is 2. The van der Waals surface area contributed by atoms with Crippen LogP contribution < -0.4 is 4.74 Å². The average Bonchev–Trinajstić information content (AvgIpc) is 3.16. The molecule has 0 atom stereocenters. The van der Waals surface area contributed by atoms with E-state index in [2.05, 4.69) is 12.3 Å². The van der Waals surface area contributed by atoms with Gasteiger partial charge in [0.1, 0.15) is 5.75 Å². The van der Waals surface area contributed by atoms with Crippen LogP contribution >= 0.6 is 0 Å². The highest BCUT2D eigenvalue weighted by molar-refractivity contribution is 5.97. The van der Waals surface area contributed by atoms with Crippen LogP contribution in [0.2, 0.25) is 0 Å². The van der Waals surface area contributed by atoms with E-state index in [4.69, 9.17) is 4.74 Å². The molecule has 0 saturated carbocycles. The molecular formula is C20H22N2O2. The molecule has 0 saturated heterocycles. The van der Waals surface area contributed by atoms with Gasteiger partial charge < -0.3 is 13.9 Å². The molecule has 3 rings (SSSR count). The summed E-state index contributed by atoms with van der Waals surface area (Å²) >= 11 is 0. The van der Waals surface area contributed by atoms with Crippen LogP contribution in [0.3, 0.4) is 0 Å². The van der Waals surface area contributed by atoms with E-state index in [-0.39, 0.29) is 5.78 Å². The van der Waals surface area contributed by atoms with Crippen molar-refractivity contribution >= 4 is 5.78 Å². The molecule has 3 aromatic rings. The van der Waals surface area contributed by atoms with Crippen LogP contribution in [0.4, 0.5) is 0 Å². The van der Waals surface area contributed by atoms with Crippen molar-refractivity contribution in [3.63, 3.8) is 0 Å². The van der Waals surface area contributed by atoms with Crippen molar-refractivity contribution in [1.82, 2.24) is 9.13 Å². The van der Waals surface area contributed by atoms with Gasteiger partial charge in [-0.3, -0.25) is 4.79 Å². The smallest absolute Gasteiger partial charge is 0.167 e. The van der Waals surface area contributed by atoms with Gasteiger partial charge >= 0.3 is 0 Å². The number of aromatic nitrogens is 2. The Morgan fingerprint density at radius 3 is 2.12 bits per heavy atom. The molecule has 0 bridgehead atoms. The van der Waals surface area contributed by atoms with Crippen molar-refractivity contribution in [1.29, 1.82) is 0 Å². The van der Waals surface area contributed by atoms with Gasteiger partial charge in [0.2, 0.25) is 0 Å². The van der Waals surface area contributed by atoms with Gasteiger partial charge in [0, 0.05) is 57.3 Å². The first kappa shape index (κ1) is 16.1. The van der Waals surface area contributed by atoms with Gasteiger partial charge in [-0.1, -0.05) is 0 Å². The first-order valence-corrected chi connectivity index (χ1v) is 8.08. The molecular weight excluding hydrogens is 300 g/mol. The van der Waals surface area contributed by atoms with Gasteiger partial charge in [0.25, 0.3) is 0 Å². The number of ketones is 1. The second-order valence-electron chi connectivity index (χ2n) is 6.09. The molecule has 0 amide bonds. The maximum absolute atomic E-state index is 12.3. The van der Waals surface area contributed by atoms with Crippen LogP contribution in [0.15, 0.2) is 61.2 Å². The molecule has 124 valence electrons. The predicted molar refractivity (Wildman–Crippen MR) is 94.5 cm³/mol. The maximum atomic E-state index is 12.3. The molecule has 0 unspecified atom stereocenters. The molecule has 4 nitrogen and oxygen atoms in total. The van der Waals surface area contributed by atoms with Gasteiger partial charge in [-0.15, -0.1) is 0 Å². The number of carbonyl (C=O) groups excluding carboxylic acids is 1. The lowest BCUT2D eigenvalue weighted by molar-refractivity contribution is 0.0993.